The van der Waals surface area contributed by atoms with Gasteiger partial charge in [0.15, 0.2) is 5.82 Å². The van der Waals surface area contributed by atoms with E-state index in [-0.39, 0.29) is 5.54 Å². The van der Waals surface area contributed by atoms with Crippen molar-refractivity contribution >= 4 is 0 Å². The Morgan fingerprint density at radius 3 is 2.05 bits per heavy atom. The molecule has 0 saturated carbocycles. The molecule has 1 N–H and O–H groups in total. The van der Waals surface area contributed by atoms with Crippen LogP contribution < -0.4 is 5.32 Å². The molecule has 1 aromatic carbocycles. The average molecular weight is 269 g/mol. The van der Waals surface area contributed by atoms with E-state index in [0.717, 1.165) is 29.9 Å². The lowest BCUT2D eigenvalue weighted by molar-refractivity contribution is 0.423. The van der Waals surface area contributed by atoms with E-state index in [9.17, 15) is 0 Å². The molecule has 2 aromatic rings. The van der Waals surface area contributed by atoms with E-state index in [1.54, 1.807) is 0 Å². The lowest BCUT2D eigenvalue weighted by Crippen LogP contribution is -2.35. The molecule has 3 nitrogen and oxygen atoms in total. The molecule has 1 aromatic heterocycles. The lowest BCUT2D eigenvalue weighted by Gasteiger charge is -2.20. The van der Waals surface area contributed by atoms with Crippen molar-refractivity contribution in [3.8, 4) is 11.4 Å². The van der Waals surface area contributed by atoms with Gasteiger partial charge in [-0.3, -0.25) is 0 Å². The van der Waals surface area contributed by atoms with Crippen molar-refractivity contribution in [3.63, 3.8) is 0 Å². The minimum atomic E-state index is 0.106. The standard InChI is InChI=1S/C17H23N3/c1-5-13-6-8-15(9-7-13)16-18-10-14(11-19-16)12-20-17(2,3)4/h6-11,20H,5,12H2,1-4H3. The summed E-state index contributed by atoms with van der Waals surface area (Å²) < 4.78 is 0. The summed E-state index contributed by atoms with van der Waals surface area (Å²) in [4.78, 5) is 8.91. The number of hydrogen-bond acceptors (Lipinski definition) is 3. The van der Waals surface area contributed by atoms with E-state index >= 15 is 0 Å². The summed E-state index contributed by atoms with van der Waals surface area (Å²) in [5.41, 5.74) is 3.61. The number of hydrogen-bond donors (Lipinski definition) is 1. The molecule has 0 bridgehead atoms. The quantitative estimate of drug-likeness (QED) is 0.921. The normalized spacial score (nSPS) is 11.6. The van der Waals surface area contributed by atoms with Gasteiger partial charge in [0.1, 0.15) is 0 Å². The predicted molar refractivity (Wildman–Crippen MR) is 83.4 cm³/mol. The van der Waals surface area contributed by atoms with Crippen LogP contribution in [0.4, 0.5) is 0 Å². The molecule has 0 saturated heterocycles. The summed E-state index contributed by atoms with van der Waals surface area (Å²) in [7, 11) is 0. The van der Waals surface area contributed by atoms with Crippen LogP contribution in [0.5, 0.6) is 0 Å². The van der Waals surface area contributed by atoms with Gasteiger partial charge in [0.25, 0.3) is 0 Å². The van der Waals surface area contributed by atoms with Gasteiger partial charge in [0.2, 0.25) is 0 Å². The first kappa shape index (κ1) is 14.7. The molecule has 20 heavy (non-hydrogen) atoms. The van der Waals surface area contributed by atoms with Gasteiger partial charge in [-0.2, -0.15) is 0 Å². The maximum atomic E-state index is 4.45. The van der Waals surface area contributed by atoms with E-state index < -0.39 is 0 Å². The first-order valence-electron chi connectivity index (χ1n) is 7.13. The molecule has 0 aliphatic carbocycles. The first-order valence-corrected chi connectivity index (χ1v) is 7.13. The Morgan fingerprint density at radius 1 is 0.950 bits per heavy atom. The molecule has 0 fully saturated rings. The van der Waals surface area contributed by atoms with Gasteiger partial charge < -0.3 is 5.32 Å². The third kappa shape index (κ3) is 4.14. The van der Waals surface area contributed by atoms with Crippen LogP contribution >= 0.6 is 0 Å². The van der Waals surface area contributed by atoms with E-state index in [0.29, 0.717) is 0 Å². The van der Waals surface area contributed by atoms with Crippen LogP contribution in [0.15, 0.2) is 36.7 Å². The van der Waals surface area contributed by atoms with E-state index in [2.05, 4.69) is 67.2 Å². The molecule has 0 atom stereocenters. The van der Waals surface area contributed by atoms with Gasteiger partial charge in [-0.1, -0.05) is 31.2 Å². The number of nitrogens with one attached hydrogen (secondary N) is 1. The molecule has 106 valence electrons. The van der Waals surface area contributed by atoms with Crippen LogP contribution in [-0.4, -0.2) is 15.5 Å². The number of nitrogens with zero attached hydrogens (tertiary/aromatic N) is 2. The molecule has 3 heteroatoms. The fraction of sp³-hybridized carbons (Fsp3) is 0.412. The van der Waals surface area contributed by atoms with Crippen LogP contribution in [0, 0.1) is 0 Å². The van der Waals surface area contributed by atoms with Crippen molar-refractivity contribution in [1.82, 2.24) is 15.3 Å². The molecule has 0 radical (unpaired) electrons. The third-order valence-corrected chi connectivity index (χ3v) is 3.15. The van der Waals surface area contributed by atoms with Crippen LogP contribution in [0.3, 0.4) is 0 Å². The van der Waals surface area contributed by atoms with Crippen LogP contribution in [0.2, 0.25) is 0 Å². The second-order valence-electron chi connectivity index (χ2n) is 6.07. The number of aromatic nitrogens is 2. The monoisotopic (exact) mass is 269 g/mol. The fourth-order valence-electron chi connectivity index (χ4n) is 1.85. The molecule has 0 aliphatic rings. The summed E-state index contributed by atoms with van der Waals surface area (Å²) >= 11 is 0. The lowest BCUT2D eigenvalue weighted by atomic mass is 10.1. The maximum Gasteiger partial charge on any atom is 0.159 e. The van der Waals surface area contributed by atoms with Crippen molar-refractivity contribution in [1.29, 1.82) is 0 Å². The van der Waals surface area contributed by atoms with Gasteiger partial charge in [-0.05, 0) is 32.8 Å². The van der Waals surface area contributed by atoms with Crippen molar-refractivity contribution in [3.05, 3.63) is 47.8 Å². The van der Waals surface area contributed by atoms with E-state index in [1.807, 2.05) is 12.4 Å². The molecule has 0 aliphatic heterocycles. The van der Waals surface area contributed by atoms with Crippen molar-refractivity contribution < 1.29 is 0 Å². The zero-order valence-electron chi connectivity index (χ0n) is 12.8. The highest BCUT2D eigenvalue weighted by Crippen LogP contribution is 2.15. The summed E-state index contributed by atoms with van der Waals surface area (Å²) in [6, 6.07) is 8.43. The SMILES string of the molecule is CCc1ccc(-c2ncc(CNC(C)(C)C)cn2)cc1. The Morgan fingerprint density at radius 2 is 1.55 bits per heavy atom. The van der Waals surface area contributed by atoms with Crippen molar-refractivity contribution in [2.75, 3.05) is 0 Å². The summed E-state index contributed by atoms with van der Waals surface area (Å²) in [5, 5.41) is 3.43. The Hall–Kier alpha value is -1.74. The van der Waals surface area contributed by atoms with Crippen LogP contribution in [0.1, 0.15) is 38.8 Å². The summed E-state index contributed by atoms with van der Waals surface area (Å²) in [6.07, 6.45) is 4.85. The number of rotatable bonds is 4. The second-order valence-corrected chi connectivity index (χ2v) is 6.07. The zero-order chi connectivity index (χ0) is 14.6. The fourth-order valence-corrected chi connectivity index (χ4v) is 1.85. The van der Waals surface area contributed by atoms with Gasteiger partial charge in [0, 0.05) is 35.6 Å². The van der Waals surface area contributed by atoms with E-state index in [1.165, 1.54) is 5.56 Å². The van der Waals surface area contributed by atoms with Crippen molar-refractivity contribution in [2.24, 2.45) is 0 Å². The first-order chi connectivity index (χ1) is 9.48. The predicted octanol–water partition coefficient (Wildman–Crippen LogP) is 3.59. The largest absolute Gasteiger partial charge is 0.308 e. The average Bonchev–Trinajstić information content (AvgIpc) is 2.45. The highest BCUT2D eigenvalue weighted by molar-refractivity contribution is 5.55. The number of benzene rings is 1. The van der Waals surface area contributed by atoms with Crippen LogP contribution in [-0.2, 0) is 13.0 Å². The molecule has 0 unspecified atom stereocenters. The Kier molecular flexibility index (Phi) is 4.50. The Bertz CT molecular complexity index is 536. The highest BCUT2D eigenvalue weighted by Gasteiger charge is 2.09. The summed E-state index contributed by atoms with van der Waals surface area (Å²) in [6.45, 7) is 9.40. The molecule has 0 amide bonds. The van der Waals surface area contributed by atoms with E-state index in [4.69, 9.17) is 0 Å². The molecular weight excluding hydrogens is 246 g/mol. The van der Waals surface area contributed by atoms with Gasteiger partial charge >= 0.3 is 0 Å². The number of aryl methyl sites for hydroxylation is 1. The van der Waals surface area contributed by atoms with Crippen LogP contribution in [0.25, 0.3) is 11.4 Å². The Balaban J connectivity index is 2.07. The molecular formula is C17H23N3. The molecule has 1 heterocycles. The van der Waals surface area contributed by atoms with Gasteiger partial charge in [0.05, 0.1) is 0 Å². The maximum absolute atomic E-state index is 4.45. The second kappa shape index (κ2) is 6.14. The molecule has 0 spiro atoms. The van der Waals surface area contributed by atoms with Gasteiger partial charge in [-0.15, -0.1) is 0 Å². The van der Waals surface area contributed by atoms with Crippen molar-refractivity contribution in [2.45, 2.75) is 46.2 Å². The minimum absolute atomic E-state index is 0.106. The highest BCUT2D eigenvalue weighted by atomic mass is 15.0. The smallest absolute Gasteiger partial charge is 0.159 e. The van der Waals surface area contributed by atoms with Gasteiger partial charge in [-0.25, -0.2) is 9.97 Å². The minimum Gasteiger partial charge on any atom is -0.308 e. The molecule has 2 rings (SSSR count). The topological polar surface area (TPSA) is 37.8 Å². The third-order valence-electron chi connectivity index (χ3n) is 3.15. The summed E-state index contributed by atoms with van der Waals surface area (Å²) in [5.74, 6) is 0.784. The Labute approximate surface area is 121 Å². The zero-order valence-corrected chi connectivity index (χ0v) is 12.8.